The average molecular weight is 343 g/mol. The van der Waals surface area contributed by atoms with Crippen LogP contribution in [0.4, 0.5) is 0 Å². The van der Waals surface area contributed by atoms with Crippen molar-refractivity contribution < 1.29 is 19.0 Å². The Labute approximate surface area is 148 Å². The van der Waals surface area contributed by atoms with Crippen LogP contribution in [-0.4, -0.2) is 33.8 Å². The van der Waals surface area contributed by atoms with Gasteiger partial charge in [0.05, 0.1) is 27.8 Å². The Morgan fingerprint density at radius 3 is 2.20 bits per heavy atom. The van der Waals surface area contributed by atoms with Gasteiger partial charge in [0.2, 0.25) is 11.7 Å². The van der Waals surface area contributed by atoms with Crippen molar-refractivity contribution in [3.05, 3.63) is 53.1 Å². The Morgan fingerprint density at radius 1 is 1.00 bits per heavy atom. The second kappa shape index (κ2) is 8.97. The van der Waals surface area contributed by atoms with Crippen molar-refractivity contribution in [2.75, 3.05) is 27.9 Å². The third-order valence-corrected chi connectivity index (χ3v) is 4.07. The van der Waals surface area contributed by atoms with Crippen molar-refractivity contribution in [2.24, 2.45) is 0 Å². The first kappa shape index (κ1) is 18.6. The molecule has 2 aromatic rings. The molecule has 0 spiro atoms. The van der Waals surface area contributed by atoms with Gasteiger partial charge in [-0.3, -0.25) is 4.79 Å². The van der Waals surface area contributed by atoms with Gasteiger partial charge in [0, 0.05) is 6.54 Å². The van der Waals surface area contributed by atoms with E-state index in [0.717, 1.165) is 16.7 Å². The predicted octanol–water partition coefficient (Wildman–Crippen LogP) is 2.92. The van der Waals surface area contributed by atoms with Gasteiger partial charge in [-0.25, -0.2) is 0 Å². The number of carbonyl (C=O) groups excluding carboxylic acids is 1. The lowest BCUT2D eigenvalue weighted by Gasteiger charge is -2.14. The molecule has 134 valence electrons. The molecule has 0 saturated heterocycles. The first-order valence-corrected chi connectivity index (χ1v) is 8.19. The molecule has 0 aliphatic carbocycles. The average Bonchev–Trinajstić information content (AvgIpc) is 2.62. The van der Waals surface area contributed by atoms with E-state index < -0.39 is 0 Å². The van der Waals surface area contributed by atoms with E-state index in [1.54, 1.807) is 21.3 Å². The molecule has 0 saturated carbocycles. The molecule has 0 aliphatic rings. The summed E-state index contributed by atoms with van der Waals surface area (Å²) in [6.07, 6.45) is 1.07. The number of hydrogen-bond donors (Lipinski definition) is 1. The van der Waals surface area contributed by atoms with Gasteiger partial charge in [-0.05, 0) is 42.2 Å². The third kappa shape index (κ3) is 4.89. The zero-order chi connectivity index (χ0) is 18.2. The van der Waals surface area contributed by atoms with E-state index in [9.17, 15) is 4.79 Å². The molecule has 0 aromatic heterocycles. The maximum absolute atomic E-state index is 12.1. The van der Waals surface area contributed by atoms with E-state index in [4.69, 9.17) is 14.2 Å². The van der Waals surface area contributed by atoms with E-state index in [0.29, 0.717) is 36.6 Å². The molecule has 2 rings (SSSR count). The fourth-order valence-electron chi connectivity index (χ4n) is 2.67. The van der Waals surface area contributed by atoms with Gasteiger partial charge in [-0.2, -0.15) is 0 Å². The zero-order valence-electron chi connectivity index (χ0n) is 15.2. The van der Waals surface area contributed by atoms with Gasteiger partial charge in [0.25, 0.3) is 0 Å². The normalized spacial score (nSPS) is 10.2. The summed E-state index contributed by atoms with van der Waals surface area (Å²) in [6, 6.07) is 11.7. The lowest BCUT2D eigenvalue weighted by Crippen LogP contribution is -2.27. The minimum absolute atomic E-state index is 0.0155. The smallest absolute Gasteiger partial charge is 0.224 e. The van der Waals surface area contributed by atoms with Gasteiger partial charge < -0.3 is 19.5 Å². The molecule has 0 unspecified atom stereocenters. The highest BCUT2D eigenvalue weighted by molar-refractivity contribution is 5.78. The Hall–Kier alpha value is -2.69. The third-order valence-electron chi connectivity index (χ3n) is 4.07. The molecule has 1 N–H and O–H groups in total. The zero-order valence-corrected chi connectivity index (χ0v) is 15.2. The van der Waals surface area contributed by atoms with Crippen LogP contribution in [0.3, 0.4) is 0 Å². The number of nitrogens with one attached hydrogen (secondary N) is 1. The second-order valence-corrected chi connectivity index (χ2v) is 5.74. The molecule has 1 amide bonds. The monoisotopic (exact) mass is 343 g/mol. The lowest BCUT2D eigenvalue weighted by molar-refractivity contribution is -0.120. The van der Waals surface area contributed by atoms with Crippen LogP contribution in [0, 0.1) is 6.92 Å². The Morgan fingerprint density at radius 2 is 1.64 bits per heavy atom. The summed E-state index contributed by atoms with van der Waals surface area (Å²) in [5.74, 6) is 1.81. The predicted molar refractivity (Wildman–Crippen MR) is 97.7 cm³/mol. The maximum Gasteiger partial charge on any atom is 0.224 e. The van der Waals surface area contributed by atoms with Gasteiger partial charge >= 0.3 is 0 Å². The van der Waals surface area contributed by atoms with E-state index in [1.165, 1.54) is 0 Å². The number of ether oxygens (including phenoxy) is 3. The van der Waals surface area contributed by atoms with Crippen LogP contribution in [0.2, 0.25) is 0 Å². The summed E-state index contributed by atoms with van der Waals surface area (Å²) < 4.78 is 16.0. The van der Waals surface area contributed by atoms with E-state index in [-0.39, 0.29) is 5.91 Å². The van der Waals surface area contributed by atoms with Crippen LogP contribution >= 0.6 is 0 Å². The number of methoxy groups -OCH3 is 3. The van der Waals surface area contributed by atoms with Gasteiger partial charge in [-0.15, -0.1) is 0 Å². The second-order valence-electron chi connectivity index (χ2n) is 5.74. The maximum atomic E-state index is 12.1. The largest absolute Gasteiger partial charge is 0.493 e. The summed E-state index contributed by atoms with van der Waals surface area (Å²) in [5, 5.41) is 2.96. The number of aryl methyl sites for hydroxylation is 1. The van der Waals surface area contributed by atoms with Gasteiger partial charge in [0.15, 0.2) is 11.5 Å². The minimum atomic E-state index is 0.0155. The number of benzene rings is 2. The van der Waals surface area contributed by atoms with Crippen LogP contribution in [0.5, 0.6) is 17.2 Å². The lowest BCUT2D eigenvalue weighted by atomic mass is 10.1. The molecule has 0 aliphatic heterocycles. The summed E-state index contributed by atoms with van der Waals surface area (Å²) in [6.45, 7) is 2.56. The Bertz CT molecular complexity index is 702. The van der Waals surface area contributed by atoms with E-state index >= 15 is 0 Å². The van der Waals surface area contributed by atoms with Crippen molar-refractivity contribution in [3.63, 3.8) is 0 Å². The quantitative estimate of drug-likeness (QED) is 0.801. The molecular weight excluding hydrogens is 318 g/mol. The van der Waals surface area contributed by atoms with Crippen LogP contribution in [0.25, 0.3) is 0 Å². The molecule has 0 heterocycles. The van der Waals surface area contributed by atoms with Crippen molar-refractivity contribution in [2.45, 2.75) is 19.8 Å². The highest BCUT2D eigenvalue weighted by atomic mass is 16.5. The first-order valence-electron chi connectivity index (χ1n) is 8.19. The van der Waals surface area contributed by atoms with E-state index in [1.807, 2.05) is 43.3 Å². The highest BCUT2D eigenvalue weighted by Gasteiger charge is 2.13. The fraction of sp³-hybridized carbons (Fsp3) is 0.350. The van der Waals surface area contributed by atoms with Gasteiger partial charge in [-0.1, -0.05) is 24.3 Å². The molecular formula is C20H25NO4. The SMILES string of the molecule is COc1cc(CCNC(=O)Cc2ccccc2C)cc(OC)c1OC. The summed E-state index contributed by atoms with van der Waals surface area (Å²) in [5.41, 5.74) is 3.18. The summed E-state index contributed by atoms with van der Waals surface area (Å²) in [4.78, 5) is 12.1. The summed E-state index contributed by atoms with van der Waals surface area (Å²) >= 11 is 0. The van der Waals surface area contributed by atoms with Crippen LogP contribution < -0.4 is 19.5 Å². The number of rotatable bonds is 8. The van der Waals surface area contributed by atoms with Crippen LogP contribution in [0.15, 0.2) is 36.4 Å². The highest BCUT2D eigenvalue weighted by Crippen LogP contribution is 2.38. The molecule has 2 aromatic carbocycles. The van der Waals surface area contributed by atoms with Gasteiger partial charge in [0.1, 0.15) is 0 Å². The molecule has 5 nitrogen and oxygen atoms in total. The van der Waals surface area contributed by atoms with E-state index in [2.05, 4.69) is 5.32 Å². The van der Waals surface area contributed by atoms with Crippen LogP contribution in [-0.2, 0) is 17.6 Å². The van der Waals surface area contributed by atoms with Crippen molar-refractivity contribution >= 4 is 5.91 Å². The fourth-order valence-corrected chi connectivity index (χ4v) is 2.67. The Kier molecular flexibility index (Phi) is 6.69. The minimum Gasteiger partial charge on any atom is -0.493 e. The van der Waals surface area contributed by atoms with Crippen LogP contribution in [0.1, 0.15) is 16.7 Å². The molecule has 0 radical (unpaired) electrons. The van der Waals surface area contributed by atoms with Crippen molar-refractivity contribution in [3.8, 4) is 17.2 Å². The Balaban J connectivity index is 1.95. The molecule has 5 heteroatoms. The standard InChI is InChI=1S/C20H25NO4/c1-14-7-5-6-8-16(14)13-19(22)21-10-9-15-11-17(23-2)20(25-4)18(12-15)24-3/h5-8,11-12H,9-10,13H2,1-4H3,(H,21,22). The topological polar surface area (TPSA) is 56.8 Å². The molecule has 25 heavy (non-hydrogen) atoms. The molecule has 0 bridgehead atoms. The van der Waals surface area contributed by atoms with Crippen molar-refractivity contribution in [1.29, 1.82) is 0 Å². The summed E-state index contributed by atoms with van der Waals surface area (Å²) in [7, 11) is 4.75. The molecule has 0 atom stereocenters. The number of carbonyl (C=O) groups is 1. The number of hydrogen-bond acceptors (Lipinski definition) is 4. The van der Waals surface area contributed by atoms with Crippen molar-refractivity contribution in [1.82, 2.24) is 5.32 Å². The first-order chi connectivity index (χ1) is 12.1. The molecule has 0 fully saturated rings. The number of amides is 1.